The van der Waals surface area contributed by atoms with Crippen LogP contribution in [0.1, 0.15) is 24.8 Å². The van der Waals surface area contributed by atoms with Gasteiger partial charge in [0.2, 0.25) is 5.91 Å². The van der Waals surface area contributed by atoms with Crippen molar-refractivity contribution >= 4 is 17.2 Å². The molecule has 0 aliphatic heterocycles. The van der Waals surface area contributed by atoms with Gasteiger partial charge in [-0.05, 0) is 42.0 Å². The lowest BCUT2D eigenvalue weighted by Gasteiger charge is -2.24. The van der Waals surface area contributed by atoms with Crippen LogP contribution in [0.4, 0.5) is 0 Å². The molecule has 2 aromatic rings. The maximum absolute atomic E-state index is 11.8. The van der Waals surface area contributed by atoms with Crippen LogP contribution in [0.2, 0.25) is 0 Å². The van der Waals surface area contributed by atoms with Crippen LogP contribution in [0.3, 0.4) is 0 Å². The van der Waals surface area contributed by atoms with Crippen molar-refractivity contribution in [2.45, 2.75) is 25.8 Å². The monoisotopic (exact) mass is 272 g/mol. The molecule has 3 rings (SSSR count). The summed E-state index contributed by atoms with van der Waals surface area (Å²) in [5.74, 6) is 0.444. The van der Waals surface area contributed by atoms with Crippen LogP contribution in [0.25, 0.3) is 10.6 Å². The summed E-state index contributed by atoms with van der Waals surface area (Å²) in [6, 6.07) is 8.08. The number of pyridine rings is 1. The summed E-state index contributed by atoms with van der Waals surface area (Å²) >= 11 is 1.68. The normalized spacial score (nSPS) is 14.9. The van der Waals surface area contributed by atoms with Gasteiger partial charge in [-0.1, -0.05) is 12.5 Å². The summed E-state index contributed by atoms with van der Waals surface area (Å²) in [6.45, 7) is 0.593. The fraction of sp³-hybridized carbons (Fsp3) is 0.333. The summed E-state index contributed by atoms with van der Waals surface area (Å²) in [4.78, 5) is 17.3. The average molecular weight is 272 g/mol. The van der Waals surface area contributed by atoms with E-state index >= 15 is 0 Å². The second-order valence-corrected chi connectivity index (χ2v) is 5.82. The summed E-state index contributed by atoms with van der Waals surface area (Å²) in [5, 5.41) is 5.05. The molecule has 0 atom stereocenters. The first kappa shape index (κ1) is 12.4. The Morgan fingerprint density at radius 1 is 1.42 bits per heavy atom. The molecule has 0 bridgehead atoms. The van der Waals surface area contributed by atoms with E-state index in [2.05, 4.69) is 16.4 Å². The highest BCUT2D eigenvalue weighted by atomic mass is 32.1. The first-order chi connectivity index (χ1) is 9.33. The van der Waals surface area contributed by atoms with Crippen LogP contribution in [0.5, 0.6) is 0 Å². The lowest BCUT2D eigenvalue weighted by Crippen LogP contribution is -2.33. The topological polar surface area (TPSA) is 42.0 Å². The van der Waals surface area contributed by atoms with Gasteiger partial charge >= 0.3 is 0 Å². The Labute approximate surface area is 116 Å². The largest absolute Gasteiger partial charge is 0.352 e. The molecule has 0 unspecified atom stereocenters. The number of nitrogens with zero attached hydrogens (tertiary/aromatic N) is 1. The van der Waals surface area contributed by atoms with E-state index in [1.54, 1.807) is 17.5 Å². The highest BCUT2D eigenvalue weighted by Gasteiger charge is 2.24. The van der Waals surface area contributed by atoms with Gasteiger partial charge in [0.15, 0.2) is 0 Å². The highest BCUT2D eigenvalue weighted by Crippen LogP contribution is 2.26. The molecule has 3 nitrogen and oxygen atoms in total. The Bertz CT molecular complexity index is 561. The lowest BCUT2D eigenvalue weighted by atomic mass is 9.85. The standard InChI is InChI=1S/C15H16N2OS/c18-15(12-3-1-4-12)17-10-11-6-7-16-13(9-11)14-5-2-8-19-14/h2,5-9,12H,1,3-4,10H2,(H,17,18). The first-order valence-corrected chi connectivity index (χ1v) is 7.47. The van der Waals surface area contributed by atoms with Gasteiger partial charge < -0.3 is 5.32 Å². The fourth-order valence-corrected chi connectivity index (χ4v) is 2.84. The Hall–Kier alpha value is -1.68. The van der Waals surface area contributed by atoms with Crippen molar-refractivity contribution in [2.75, 3.05) is 0 Å². The summed E-state index contributed by atoms with van der Waals surface area (Å²) in [6.07, 6.45) is 5.08. The zero-order valence-electron chi connectivity index (χ0n) is 10.6. The number of carbonyl (C=O) groups excluding carboxylic acids is 1. The molecule has 1 amide bonds. The van der Waals surface area contributed by atoms with Crippen LogP contribution < -0.4 is 5.32 Å². The minimum Gasteiger partial charge on any atom is -0.352 e. The molecule has 1 saturated carbocycles. The molecule has 98 valence electrons. The van der Waals surface area contributed by atoms with Crippen LogP contribution in [-0.2, 0) is 11.3 Å². The van der Waals surface area contributed by atoms with E-state index in [9.17, 15) is 4.79 Å². The SMILES string of the molecule is O=C(NCc1ccnc(-c2cccs2)c1)C1CCC1. The van der Waals surface area contributed by atoms with E-state index in [4.69, 9.17) is 0 Å². The molecule has 2 heterocycles. The highest BCUT2D eigenvalue weighted by molar-refractivity contribution is 7.13. The van der Waals surface area contributed by atoms with Crippen LogP contribution in [0, 0.1) is 5.92 Å². The molecule has 1 aliphatic rings. The minimum atomic E-state index is 0.195. The van der Waals surface area contributed by atoms with Crippen molar-refractivity contribution in [2.24, 2.45) is 5.92 Å². The van der Waals surface area contributed by atoms with Crippen molar-refractivity contribution in [3.63, 3.8) is 0 Å². The number of amides is 1. The number of aromatic nitrogens is 1. The molecule has 0 radical (unpaired) electrons. The van der Waals surface area contributed by atoms with Gasteiger partial charge in [-0.3, -0.25) is 9.78 Å². The third-order valence-corrected chi connectivity index (χ3v) is 4.43. The predicted molar refractivity (Wildman–Crippen MR) is 76.7 cm³/mol. The molecule has 19 heavy (non-hydrogen) atoms. The Balaban J connectivity index is 1.64. The quantitative estimate of drug-likeness (QED) is 0.928. The molecule has 1 aliphatic carbocycles. The molecular weight excluding hydrogens is 256 g/mol. The molecule has 0 aromatic carbocycles. The second kappa shape index (κ2) is 5.53. The van der Waals surface area contributed by atoms with E-state index in [1.165, 1.54) is 6.42 Å². The molecule has 2 aromatic heterocycles. The lowest BCUT2D eigenvalue weighted by molar-refractivity contribution is -0.127. The summed E-state index contributed by atoms with van der Waals surface area (Å²) in [7, 11) is 0. The smallest absolute Gasteiger partial charge is 0.223 e. The average Bonchev–Trinajstić information content (AvgIpc) is 2.88. The van der Waals surface area contributed by atoms with Crippen molar-refractivity contribution in [1.29, 1.82) is 0 Å². The van der Waals surface area contributed by atoms with Crippen molar-refractivity contribution in [1.82, 2.24) is 10.3 Å². The van der Waals surface area contributed by atoms with Crippen molar-refractivity contribution < 1.29 is 4.79 Å². The predicted octanol–water partition coefficient (Wildman–Crippen LogP) is 3.23. The zero-order chi connectivity index (χ0) is 13.1. The minimum absolute atomic E-state index is 0.195. The summed E-state index contributed by atoms with van der Waals surface area (Å²) < 4.78 is 0. The van der Waals surface area contributed by atoms with E-state index in [-0.39, 0.29) is 11.8 Å². The second-order valence-electron chi connectivity index (χ2n) is 4.87. The van der Waals surface area contributed by atoms with Crippen molar-refractivity contribution in [3.05, 3.63) is 41.4 Å². The maximum atomic E-state index is 11.8. The third-order valence-electron chi connectivity index (χ3n) is 3.54. The van der Waals surface area contributed by atoms with Crippen LogP contribution in [0.15, 0.2) is 35.8 Å². The molecule has 4 heteroatoms. The number of carbonyl (C=O) groups is 1. The fourth-order valence-electron chi connectivity index (χ4n) is 2.15. The van der Waals surface area contributed by atoms with Crippen LogP contribution >= 0.6 is 11.3 Å². The van der Waals surface area contributed by atoms with Gasteiger partial charge in [0, 0.05) is 18.7 Å². The zero-order valence-corrected chi connectivity index (χ0v) is 11.5. The number of nitrogens with one attached hydrogen (secondary N) is 1. The molecule has 1 fully saturated rings. The van der Waals surface area contributed by atoms with Gasteiger partial charge in [-0.2, -0.15) is 0 Å². The Kier molecular flexibility index (Phi) is 3.60. The summed E-state index contributed by atoms with van der Waals surface area (Å²) in [5.41, 5.74) is 2.08. The van der Waals surface area contributed by atoms with Crippen LogP contribution in [-0.4, -0.2) is 10.9 Å². The van der Waals surface area contributed by atoms with Crippen molar-refractivity contribution in [3.8, 4) is 10.6 Å². The Morgan fingerprint density at radius 2 is 2.32 bits per heavy atom. The van der Waals surface area contributed by atoms with Gasteiger partial charge in [-0.25, -0.2) is 0 Å². The Morgan fingerprint density at radius 3 is 3.00 bits per heavy atom. The first-order valence-electron chi connectivity index (χ1n) is 6.59. The number of rotatable bonds is 4. The molecule has 1 N–H and O–H groups in total. The van der Waals surface area contributed by atoms with Gasteiger partial charge in [-0.15, -0.1) is 11.3 Å². The van der Waals surface area contributed by atoms with Gasteiger partial charge in [0.25, 0.3) is 0 Å². The maximum Gasteiger partial charge on any atom is 0.223 e. The molecule has 0 saturated heterocycles. The number of thiophene rings is 1. The van der Waals surface area contributed by atoms with E-state index < -0.39 is 0 Å². The van der Waals surface area contributed by atoms with Gasteiger partial charge in [0.05, 0.1) is 10.6 Å². The number of hydrogen-bond donors (Lipinski definition) is 1. The number of hydrogen-bond acceptors (Lipinski definition) is 3. The van der Waals surface area contributed by atoms with E-state index in [0.29, 0.717) is 6.54 Å². The van der Waals surface area contributed by atoms with E-state index in [1.807, 2.05) is 23.6 Å². The van der Waals surface area contributed by atoms with Gasteiger partial charge in [0.1, 0.15) is 0 Å². The third kappa shape index (κ3) is 2.84. The van der Waals surface area contributed by atoms with E-state index in [0.717, 1.165) is 29.0 Å². The molecule has 0 spiro atoms. The molecular formula is C15H16N2OS.